The van der Waals surface area contributed by atoms with Crippen LogP contribution in [0.3, 0.4) is 0 Å². The lowest BCUT2D eigenvalue weighted by Gasteiger charge is -2.23. The van der Waals surface area contributed by atoms with E-state index in [0.717, 1.165) is 0 Å². The van der Waals surface area contributed by atoms with Crippen LogP contribution in [-0.4, -0.2) is 43.7 Å². The first-order valence-corrected chi connectivity index (χ1v) is 7.73. The molecular formula is C15H20N4O2S. The number of anilines is 1. The van der Waals surface area contributed by atoms with Crippen molar-refractivity contribution in [1.29, 1.82) is 0 Å². The van der Waals surface area contributed by atoms with Gasteiger partial charge in [-0.2, -0.15) is 0 Å². The van der Waals surface area contributed by atoms with E-state index in [-0.39, 0.29) is 12.1 Å². The molecule has 0 bridgehead atoms. The smallest absolute Gasteiger partial charge is 0.319 e. The molecule has 2 aromatic heterocycles. The van der Waals surface area contributed by atoms with E-state index in [1.807, 2.05) is 25.5 Å². The highest BCUT2D eigenvalue weighted by molar-refractivity contribution is 7.10. The molecule has 0 aliphatic heterocycles. The summed E-state index contributed by atoms with van der Waals surface area (Å²) in [5.41, 5.74) is 0.621. The predicted molar refractivity (Wildman–Crippen MR) is 88.6 cm³/mol. The van der Waals surface area contributed by atoms with Crippen LogP contribution in [0.4, 0.5) is 10.5 Å². The van der Waals surface area contributed by atoms with E-state index in [1.54, 1.807) is 36.8 Å². The van der Waals surface area contributed by atoms with Gasteiger partial charge in [0.25, 0.3) is 0 Å². The van der Waals surface area contributed by atoms with Crippen LogP contribution in [0.5, 0.6) is 5.88 Å². The lowest BCUT2D eigenvalue weighted by atomic mass is 10.2. The summed E-state index contributed by atoms with van der Waals surface area (Å²) in [7, 11) is 5.54. The zero-order valence-electron chi connectivity index (χ0n) is 12.9. The second-order valence-electron chi connectivity index (χ2n) is 4.92. The summed E-state index contributed by atoms with van der Waals surface area (Å²) >= 11 is 1.68. The van der Waals surface area contributed by atoms with Gasteiger partial charge in [-0.05, 0) is 31.6 Å². The largest absolute Gasteiger partial charge is 0.481 e. The highest BCUT2D eigenvalue weighted by atomic mass is 32.1. The molecule has 0 aliphatic carbocycles. The van der Waals surface area contributed by atoms with E-state index in [4.69, 9.17) is 4.74 Å². The lowest BCUT2D eigenvalue weighted by Crippen LogP contribution is -2.36. The minimum absolute atomic E-state index is 0.153. The minimum Gasteiger partial charge on any atom is -0.481 e. The highest BCUT2D eigenvalue weighted by Gasteiger charge is 2.16. The Morgan fingerprint density at radius 1 is 1.41 bits per heavy atom. The fourth-order valence-electron chi connectivity index (χ4n) is 1.96. The number of aromatic nitrogens is 1. The number of nitrogens with zero attached hydrogens (tertiary/aromatic N) is 2. The molecule has 1 atom stereocenters. The van der Waals surface area contributed by atoms with Crippen molar-refractivity contribution in [3.8, 4) is 5.88 Å². The van der Waals surface area contributed by atoms with Crippen molar-refractivity contribution < 1.29 is 9.53 Å². The molecule has 0 unspecified atom stereocenters. The molecule has 0 fully saturated rings. The van der Waals surface area contributed by atoms with Crippen LogP contribution in [0.25, 0.3) is 0 Å². The van der Waals surface area contributed by atoms with Gasteiger partial charge in [0.1, 0.15) is 0 Å². The van der Waals surface area contributed by atoms with E-state index < -0.39 is 0 Å². The second-order valence-corrected chi connectivity index (χ2v) is 5.90. The molecule has 22 heavy (non-hydrogen) atoms. The predicted octanol–water partition coefficient (Wildman–Crippen LogP) is 2.58. The summed E-state index contributed by atoms with van der Waals surface area (Å²) in [6, 6.07) is 7.43. The second kappa shape index (κ2) is 7.77. The van der Waals surface area contributed by atoms with Gasteiger partial charge in [0.05, 0.1) is 25.0 Å². The molecule has 118 valence electrons. The summed E-state index contributed by atoms with van der Waals surface area (Å²) in [6.07, 6.45) is 1.56. The third-order valence-electron chi connectivity index (χ3n) is 3.15. The van der Waals surface area contributed by atoms with Crippen LogP contribution in [-0.2, 0) is 0 Å². The SMILES string of the molecule is COc1ccc(NC(=O)NC[C@@H](c2cccs2)N(C)C)cn1. The number of rotatable bonds is 6. The number of ether oxygens (including phenoxy) is 1. The van der Waals surface area contributed by atoms with Gasteiger partial charge in [0, 0.05) is 17.5 Å². The van der Waals surface area contributed by atoms with Crippen molar-refractivity contribution in [2.75, 3.05) is 33.1 Å². The van der Waals surface area contributed by atoms with Gasteiger partial charge in [-0.15, -0.1) is 11.3 Å². The molecule has 2 rings (SSSR count). The number of carbonyl (C=O) groups excluding carboxylic acids is 1. The maximum Gasteiger partial charge on any atom is 0.319 e. The van der Waals surface area contributed by atoms with Gasteiger partial charge < -0.3 is 20.3 Å². The maximum absolute atomic E-state index is 12.0. The molecule has 0 saturated carbocycles. The summed E-state index contributed by atoms with van der Waals surface area (Å²) < 4.78 is 4.98. The van der Waals surface area contributed by atoms with Crippen LogP contribution in [0, 0.1) is 0 Å². The lowest BCUT2D eigenvalue weighted by molar-refractivity contribution is 0.244. The Bertz CT molecular complexity index is 584. The number of hydrogen-bond donors (Lipinski definition) is 2. The van der Waals surface area contributed by atoms with Crippen molar-refractivity contribution in [3.05, 3.63) is 40.7 Å². The first-order valence-electron chi connectivity index (χ1n) is 6.85. The van der Waals surface area contributed by atoms with Gasteiger partial charge in [0.15, 0.2) is 0 Å². The average molecular weight is 320 g/mol. The standard InChI is InChI=1S/C15H20N4O2S/c1-19(2)12(13-5-4-8-22-13)10-17-15(20)18-11-6-7-14(21-3)16-9-11/h4-9,12H,10H2,1-3H3,(H2,17,18,20)/t12-/m0/s1. The zero-order chi connectivity index (χ0) is 15.9. The van der Waals surface area contributed by atoms with Gasteiger partial charge in [0.2, 0.25) is 5.88 Å². The number of likely N-dealkylation sites (N-methyl/N-ethyl adjacent to an activating group) is 1. The molecule has 0 aliphatic rings. The Balaban J connectivity index is 1.88. The van der Waals surface area contributed by atoms with Crippen LogP contribution in [0.2, 0.25) is 0 Å². The Kier molecular flexibility index (Phi) is 5.74. The third-order valence-corrected chi connectivity index (χ3v) is 4.13. The summed E-state index contributed by atoms with van der Waals surface area (Å²) in [6.45, 7) is 0.531. The number of carbonyl (C=O) groups is 1. The zero-order valence-corrected chi connectivity index (χ0v) is 13.7. The minimum atomic E-state index is -0.254. The van der Waals surface area contributed by atoms with Crippen LogP contribution in [0.1, 0.15) is 10.9 Å². The monoisotopic (exact) mass is 320 g/mol. The van der Waals surface area contributed by atoms with Crippen LogP contribution >= 0.6 is 11.3 Å². The molecule has 0 radical (unpaired) electrons. The number of thiophene rings is 1. The van der Waals surface area contributed by atoms with Gasteiger partial charge in [-0.3, -0.25) is 0 Å². The van der Waals surface area contributed by atoms with Crippen molar-refractivity contribution in [2.45, 2.75) is 6.04 Å². The molecule has 6 nitrogen and oxygen atoms in total. The van der Waals surface area contributed by atoms with E-state index in [2.05, 4.69) is 26.6 Å². The van der Waals surface area contributed by atoms with Crippen molar-refractivity contribution >= 4 is 23.1 Å². The van der Waals surface area contributed by atoms with Gasteiger partial charge in [-0.25, -0.2) is 9.78 Å². The normalized spacial score (nSPS) is 12.0. The highest BCUT2D eigenvalue weighted by Crippen LogP contribution is 2.22. The van der Waals surface area contributed by atoms with Crippen molar-refractivity contribution in [1.82, 2.24) is 15.2 Å². The molecule has 7 heteroatoms. The Hall–Kier alpha value is -2.12. The quantitative estimate of drug-likeness (QED) is 0.858. The molecular weight excluding hydrogens is 300 g/mol. The molecule has 0 spiro atoms. The molecule has 0 aromatic carbocycles. The first-order chi connectivity index (χ1) is 10.6. The molecule has 2 N–H and O–H groups in total. The Labute approximate surface area is 134 Å². The van der Waals surface area contributed by atoms with E-state index in [1.165, 1.54) is 4.88 Å². The number of urea groups is 1. The fraction of sp³-hybridized carbons (Fsp3) is 0.333. The van der Waals surface area contributed by atoms with E-state index in [0.29, 0.717) is 18.1 Å². The molecule has 2 aromatic rings. The maximum atomic E-state index is 12.0. The number of nitrogens with one attached hydrogen (secondary N) is 2. The van der Waals surface area contributed by atoms with E-state index in [9.17, 15) is 4.79 Å². The van der Waals surface area contributed by atoms with Crippen molar-refractivity contribution in [3.63, 3.8) is 0 Å². The number of pyridine rings is 1. The number of methoxy groups -OCH3 is 1. The van der Waals surface area contributed by atoms with E-state index >= 15 is 0 Å². The molecule has 0 saturated heterocycles. The van der Waals surface area contributed by atoms with Gasteiger partial charge >= 0.3 is 6.03 Å². The van der Waals surface area contributed by atoms with Gasteiger partial charge in [-0.1, -0.05) is 6.07 Å². The van der Waals surface area contributed by atoms with Crippen LogP contribution in [0.15, 0.2) is 35.8 Å². The van der Waals surface area contributed by atoms with Crippen LogP contribution < -0.4 is 15.4 Å². The molecule has 2 amide bonds. The number of amides is 2. The summed E-state index contributed by atoms with van der Waals surface area (Å²) in [4.78, 5) is 19.3. The topological polar surface area (TPSA) is 66.5 Å². The summed E-state index contributed by atoms with van der Waals surface area (Å²) in [5, 5.41) is 7.67. The summed E-state index contributed by atoms with van der Waals surface area (Å²) in [5.74, 6) is 0.510. The first kappa shape index (κ1) is 16.3. The fourth-order valence-corrected chi connectivity index (χ4v) is 2.88. The number of hydrogen-bond acceptors (Lipinski definition) is 5. The van der Waals surface area contributed by atoms with Crippen molar-refractivity contribution in [2.24, 2.45) is 0 Å². The Morgan fingerprint density at radius 2 is 2.23 bits per heavy atom. The Morgan fingerprint density at radius 3 is 2.77 bits per heavy atom. The average Bonchev–Trinajstić information content (AvgIpc) is 3.02. The molecule has 2 heterocycles. The third kappa shape index (κ3) is 4.44.